The normalized spacial score (nSPS) is 21.2. The fraction of sp³-hybridized carbons (Fsp3) is 0.429. The van der Waals surface area contributed by atoms with E-state index in [0.717, 1.165) is 11.3 Å². The zero-order chi connectivity index (χ0) is 21.0. The first-order chi connectivity index (χ1) is 13.9. The highest BCUT2D eigenvalue weighted by Crippen LogP contribution is 2.30. The summed E-state index contributed by atoms with van der Waals surface area (Å²) in [6.45, 7) is 4.79. The zero-order valence-corrected chi connectivity index (χ0v) is 16.8. The Morgan fingerprint density at radius 1 is 1.28 bits per heavy atom. The summed E-state index contributed by atoms with van der Waals surface area (Å²) in [6, 6.07) is 6.81. The summed E-state index contributed by atoms with van der Waals surface area (Å²) in [6.07, 6.45) is 4.05. The van der Waals surface area contributed by atoms with Crippen LogP contribution < -0.4 is 15.5 Å². The highest BCUT2D eigenvalue weighted by molar-refractivity contribution is 5.90. The molecule has 1 aliphatic carbocycles. The first kappa shape index (κ1) is 20.7. The third kappa shape index (κ3) is 4.71. The number of methoxy groups -OCH3 is 1. The Kier molecular flexibility index (Phi) is 6.43. The molecule has 0 saturated carbocycles. The first-order valence-electron chi connectivity index (χ1n) is 9.62. The molecule has 1 aliphatic heterocycles. The molecular weight excluding hydrogens is 374 g/mol. The average Bonchev–Trinajstić information content (AvgIpc) is 2.93. The maximum atomic E-state index is 13.1. The summed E-state index contributed by atoms with van der Waals surface area (Å²) in [5, 5.41) is 11.8. The Balaban J connectivity index is 1.79. The van der Waals surface area contributed by atoms with Crippen LogP contribution in [0.15, 0.2) is 47.7 Å². The molecule has 8 nitrogen and oxygen atoms in total. The van der Waals surface area contributed by atoms with Crippen molar-refractivity contribution in [1.82, 2.24) is 10.4 Å². The van der Waals surface area contributed by atoms with Crippen LogP contribution in [0.2, 0.25) is 0 Å². The number of carbonyl (C=O) groups excluding carboxylic acids is 2. The number of urea groups is 1. The van der Waals surface area contributed by atoms with Crippen molar-refractivity contribution in [3.8, 4) is 5.75 Å². The number of benzene rings is 1. The van der Waals surface area contributed by atoms with E-state index in [1.54, 1.807) is 47.8 Å². The Hall–Kier alpha value is -3.00. The van der Waals surface area contributed by atoms with Crippen LogP contribution in [0.1, 0.15) is 20.3 Å². The molecule has 8 heteroatoms. The van der Waals surface area contributed by atoms with E-state index < -0.39 is 11.8 Å². The van der Waals surface area contributed by atoms with E-state index in [4.69, 9.17) is 14.7 Å². The average molecular weight is 401 g/mol. The van der Waals surface area contributed by atoms with Crippen LogP contribution in [-0.4, -0.2) is 48.3 Å². The summed E-state index contributed by atoms with van der Waals surface area (Å²) in [4.78, 5) is 26.6. The summed E-state index contributed by atoms with van der Waals surface area (Å²) in [7, 11) is 1.59. The quantitative estimate of drug-likeness (QED) is 0.532. The Morgan fingerprint density at radius 2 is 2.00 bits per heavy atom. The van der Waals surface area contributed by atoms with Gasteiger partial charge in [0, 0.05) is 11.3 Å². The lowest BCUT2D eigenvalue weighted by Gasteiger charge is -2.32. The van der Waals surface area contributed by atoms with Crippen LogP contribution >= 0.6 is 0 Å². The van der Waals surface area contributed by atoms with Crippen molar-refractivity contribution in [1.29, 1.82) is 0 Å². The van der Waals surface area contributed by atoms with E-state index in [1.807, 2.05) is 19.9 Å². The molecule has 2 aliphatic rings. The predicted octanol–water partition coefficient (Wildman–Crippen LogP) is 2.92. The van der Waals surface area contributed by atoms with Crippen LogP contribution in [-0.2, 0) is 9.53 Å². The van der Waals surface area contributed by atoms with Gasteiger partial charge in [-0.1, -0.05) is 19.9 Å². The summed E-state index contributed by atoms with van der Waals surface area (Å²) < 4.78 is 11.1. The van der Waals surface area contributed by atoms with Crippen molar-refractivity contribution in [3.63, 3.8) is 0 Å². The van der Waals surface area contributed by atoms with Crippen molar-refractivity contribution in [2.45, 2.75) is 26.3 Å². The lowest BCUT2D eigenvalue weighted by atomic mass is 9.94. The van der Waals surface area contributed by atoms with Crippen molar-refractivity contribution < 1.29 is 24.3 Å². The predicted molar refractivity (Wildman–Crippen MR) is 107 cm³/mol. The summed E-state index contributed by atoms with van der Waals surface area (Å²) in [5.74, 6) is 0.519. The summed E-state index contributed by atoms with van der Waals surface area (Å²) >= 11 is 0. The van der Waals surface area contributed by atoms with Gasteiger partial charge in [-0.2, -0.15) is 0 Å². The second kappa shape index (κ2) is 9.00. The highest BCUT2D eigenvalue weighted by Gasteiger charge is 2.34. The van der Waals surface area contributed by atoms with Crippen molar-refractivity contribution in [2.24, 2.45) is 11.8 Å². The smallest absolute Gasteiger partial charge is 0.322 e. The molecule has 1 unspecified atom stereocenters. The fourth-order valence-corrected chi connectivity index (χ4v) is 3.49. The molecule has 0 bridgehead atoms. The number of fused-ring (bicyclic) bond motifs is 1. The van der Waals surface area contributed by atoms with E-state index in [2.05, 4.69) is 5.32 Å². The van der Waals surface area contributed by atoms with Gasteiger partial charge in [0.1, 0.15) is 18.1 Å². The van der Waals surface area contributed by atoms with Gasteiger partial charge in [-0.25, -0.2) is 10.3 Å². The Morgan fingerprint density at radius 3 is 2.62 bits per heavy atom. The van der Waals surface area contributed by atoms with Gasteiger partial charge in [0.2, 0.25) is 0 Å². The van der Waals surface area contributed by atoms with E-state index in [0.29, 0.717) is 31.0 Å². The number of hydrogen-bond donors (Lipinski definition) is 3. The van der Waals surface area contributed by atoms with Gasteiger partial charge in [0.25, 0.3) is 5.91 Å². The largest absolute Gasteiger partial charge is 0.497 e. The maximum Gasteiger partial charge on any atom is 0.322 e. The summed E-state index contributed by atoms with van der Waals surface area (Å²) in [5.41, 5.74) is 3.22. The van der Waals surface area contributed by atoms with Crippen molar-refractivity contribution >= 4 is 17.6 Å². The van der Waals surface area contributed by atoms with Gasteiger partial charge in [-0.3, -0.25) is 10.0 Å². The Labute approximate surface area is 170 Å². The molecule has 156 valence electrons. The van der Waals surface area contributed by atoms with Crippen LogP contribution in [0.4, 0.5) is 10.5 Å². The lowest BCUT2D eigenvalue weighted by molar-refractivity contribution is -0.131. The third-order valence-electron chi connectivity index (χ3n) is 5.26. The standard InChI is InChI=1S/C21H27N3O5/c1-13(2)18-12-29-19-10-14(20(25)23-27)4-5-15(19)11-24(18)21(26)22-16-6-8-17(28-3)9-7-16/h5-10,13-14,18,27H,4,11-12H2,1-3H3,(H,22,26)(H,23,25)/t14?,18-/m1/s1. The molecule has 0 spiro atoms. The van der Waals surface area contributed by atoms with Gasteiger partial charge in [0.05, 0.1) is 25.6 Å². The number of ether oxygens (including phenoxy) is 2. The number of nitrogens with one attached hydrogen (secondary N) is 2. The molecule has 3 N–H and O–H groups in total. The van der Waals surface area contributed by atoms with E-state index in [1.165, 1.54) is 0 Å². The third-order valence-corrected chi connectivity index (χ3v) is 5.26. The number of allylic oxidation sites excluding steroid dienone is 1. The monoisotopic (exact) mass is 401 g/mol. The molecule has 1 aromatic rings. The molecule has 1 heterocycles. The SMILES string of the molecule is COc1ccc(NC(=O)N2CC3=CCC(C(=O)NO)C=C3OC[C@@H]2C(C)C)cc1. The second-order valence-corrected chi connectivity index (χ2v) is 7.49. The number of amides is 3. The molecule has 1 fully saturated rings. The van der Waals surface area contributed by atoms with Gasteiger partial charge in [-0.15, -0.1) is 0 Å². The topological polar surface area (TPSA) is 100 Å². The molecule has 29 heavy (non-hydrogen) atoms. The second-order valence-electron chi connectivity index (χ2n) is 7.49. The van der Waals surface area contributed by atoms with Gasteiger partial charge < -0.3 is 19.7 Å². The van der Waals surface area contributed by atoms with Crippen molar-refractivity contribution in [3.05, 3.63) is 47.7 Å². The van der Waals surface area contributed by atoms with E-state index in [9.17, 15) is 9.59 Å². The minimum absolute atomic E-state index is 0.134. The maximum absolute atomic E-state index is 13.1. The molecule has 1 aromatic carbocycles. The van der Waals surface area contributed by atoms with Crippen LogP contribution in [0.25, 0.3) is 0 Å². The number of anilines is 1. The molecule has 2 atom stereocenters. The minimum atomic E-state index is -0.490. The molecular formula is C21H27N3O5. The fourth-order valence-electron chi connectivity index (χ4n) is 3.49. The number of hydrogen-bond acceptors (Lipinski definition) is 5. The van der Waals surface area contributed by atoms with Gasteiger partial charge >= 0.3 is 6.03 Å². The zero-order valence-electron chi connectivity index (χ0n) is 16.8. The van der Waals surface area contributed by atoms with Crippen LogP contribution in [0, 0.1) is 11.8 Å². The molecule has 3 rings (SSSR count). The van der Waals surface area contributed by atoms with E-state index in [-0.39, 0.29) is 18.0 Å². The van der Waals surface area contributed by atoms with E-state index >= 15 is 0 Å². The molecule has 1 saturated heterocycles. The number of hydroxylamine groups is 1. The van der Waals surface area contributed by atoms with Crippen LogP contribution in [0.5, 0.6) is 5.75 Å². The lowest BCUT2D eigenvalue weighted by Crippen LogP contribution is -2.47. The first-order valence-corrected chi connectivity index (χ1v) is 9.62. The van der Waals surface area contributed by atoms with Gasteiger partial charge in [-0.05, 0) is 42.7 Å². The molecule has 0 radical (unpaired) electrons. The van der Waals surface area contributed by atoms with Crippen LogP contribution in [0.3, 0.4) is 0 Å². The highest BCUT2D eigenvalue weighted by atomic mass is 16.5. The Bertz CT molecular complexity index is 816. The molecule has 3 amide bonds. The molecule has 0 aromatic heterocycles. The number of nitrogens with zero attached hydrogens (tertiary/aromatic N) is 1. The van der Waals surface area contributed by atoms with Crippen molar-refractivity contribution in [2.75, 3.05) is 25.6 Å². The van der Waals surface area contributed by atoms with Gasteiger partial charge in [0.15, 0.2) is 0 Å². The number of carbonyl (C=O) groups is 2. The number of rotatable bonds is 4. The minimum Gasteiger partial charge on any atom is -0.497 e.